The quantitative estimate of drug-likeness (QED) is 0.650. The summed E-state index contributed by atoms with van der Waals surface area (Å²) in [7, 11) is 0. The molecule has 1 aromatic heterocycles. The Bertz CT molecular complexity index is 652. The zero-order valence-electron chi connectivity index (χ0n) is 17.5. The number of rotatable bonds is 7. The molecule has 164 valence electrons. The van der Waals surface area contributed by atoms with Crippen LogP contribution in [0.2, 0.25) is 10.6 Å². The van der Waals surface area contributed by atoms with Crippen molar-refractivity contribution < 1.29 is 19.1 Å². The van der Waals surface area contributed by atoms with Gasteiger partial charge in [-0.1, -0.05) is 0 Å². The summed E-state index contributed by atoms with van der Waals surface area (Å²) in [6, 6.07) is 0. The maximum atomic E-state index is 11.8. The fourth-order valence-electron chi connectivity index (χ4n) is 1.98. The van der Waals surface area contributed by atoms with Crippen LogP contribution in [0, 0.1) is 0 Å². The van der Waals surface area contributed by atoms with Gasteiger partial charge in [0.25, 0.3) is 0 Å². The van der Waals surface area contributed by atoms with E-state index in [1.807, 2.05) is 0 Å². The number of carbonyl (C=O) groups excluding carboxylic acids is 2. The molecule has 1 aromatic rings. The van der Waals surface area contributed by atoms with E-state index in [0.29, 0.717) is 13.1 Å². The Morgan fingerprint density at radius 2 is 1.21 bits per heavy atom. The van der Waals surface area contributed by atoms with E-state index in [4.69, 9.17) is 32.7 Å². The first-order valence-electron chi connectivity index (χ1n) is 9.01. The van der Waals surface area contributed by atoms with Gasteiger partial charge in [0.1, 0.15) is 11.2 Å². The molecule has 0 fully saturated rings. The third kappa shape index (κ3) is 11.5. The Morgan fingerprint density at radius 3 is 1.55 bits per heavy atom. The maximum Gasteiger partial charge on any atom is 0.407 e. The standard InChI is InChI=1S/C17H28Cl2N6O4/c1-16(2,3)28-14(26)20-7-9-25(13-23-11(18)22-12(19)24-13)10-8-21-15(27)29-17(4,5)6/h7-10H2,1-6H3,(H,20,26)(H,21,27). The van der Waals surface area contributed by atoms with Gasteiger partial charge in [-0.25, -0.2) is 9.59 Å². The van der Waals surface area contributed by atoms with Crippen LogP contribution in [0.4, 0.5) is 15.5 Å². The summed E-state index contributed by atoms with van der Waals surface area (Å²) in [5, 5.41) is 5.16. The van der Waals surface area contributed by atoms with E-state index in [0.717, 1.165) is 0 Å². The normalized spacial score (nSPS) is 11.6. The molecule has 0 unspecified atom stereocenters. The van der Waals surface area contributed by atoms with Crippen LogP contribution in [0.15, 0.2) is 0 Å². The number of carbonyl (C=O) groups is 2. The summed E-state index contributed by atoms with van der Waals surface area (Å²) in [5.41, 5.74) is -1.20. The van der Waals surface area contributed by atoms with Gasteiger partial charge < -0.3 is 25.0 Å². The van der Waals surface area contributed by atoms with Crippen LogP contribution < -0.4 is 15.5 Å². The maximum absolute atomic E-state index is 11.8. The van der Waals surface area contributed by atoms with Gasteiger partial charge in [-0.15, -0.1) is 0 Å². The summed E-state index contributed by atoms with van der Waals surface area (Å²) in [4.78, 5) is 37.1. The molecule has 0 aliphatic heterocycles. The Labute approximate surface area is 180 Å². The molecule has 0 bridgehead atoms. The highest BCUT2D eigenvalue weighted by Gasteiger charge is 2.19. The number of ether oxygens (including phenoxy) is 2. The smallest absolute Gasteiger partial charge is 0.407 e. The molecule has 0 aromatic carbocycles. The number of nitrogens with one attached hydrogen (secondary N) is 2. The minimum absolute atomic E-state index is 0.0646. The first-order chi connectivity index (χ1) is 13.2. The summed E-state index contributed by atoms with van der Waals surface area (Å²) < 4.78 is 10.4. The fraction of sp³-hybridized carbons (Fsp3) is 0.706. The lowest BCUT2D eigenvalue weighted by atomic mass is 10.2. The minimum Gasteiger partial charge on any atom is -0.444 e. The van der Waals surface area contributed by atoms with Crippen molar-refractivity contribution in [2.45, 2.75) is 52.7 Å². The van der Waals surface area contributed by atoms with E-state index >= 15 is 0 Å². The molecule has 29 heavy (non-hydrogen) atoms. The van der Waals surface area contributed by atoms with Gasteiger partial charge >= 0.3 is 12.2 Å². The second-order valence-corrected chi connectivity index (χ2v) is 8.69. The Hall–Kier alpha value is -2.07. The van der Waals surface area contributed by atoms with Crippen molar-refractivity contribution in [3.63, 3.8) is 0 Å². The number of halogens is 2. The molecule has 2 amide bonds. The van der Waals surface area contributed by atoms with Crippen molar-refractivity contribution in [3.05, 3.63) is 10.6 Å². The van der Waals surface area contributed by atoms with E-state index < -0.39 is 23.4 Å². The number of hydrogen-bond acceptors (Lipinski definition) is 8. The molecule has 0 saturated carbocycles. The lowest BCUT2D eigenvalue weighted by molar-refractivity contribution is 0.0520. The van der Waals surface area contributed by atoms with Crippen molar-refractivity contribution in [1.29, 1.82) is 0 Å². The second-order valence-electron chi connectivity index (χ2n) is 8.02. The molecule has 0 aliphatic rings. The van der Waals surface area contributed by atoms with E-state index in [-0.39, 0.29) is 29.6 Å². The van der Waals surface area contributed by atoms with E-state index in [2.05, 4.69) is 25.6 Å². The highest BCUT2D eigenvalue weighted by molar-refractivity contribution is 6.31. The van der Waals surface area contributed by atoms with Crippen LogP contribution in [0.5, 0.6) is 0 Å². The molecule has 12 heteroatoms. The number of aromatic nitrogens is 3. The minimum atomic E-state index is -0.601. The van der Waals surface area contributed by atoms with Crippen molar-refractivity contribution in [1.82, 2.24) is 25.6 Å². The van der Waals surface area contributed by atoms with Gasteiger partial charge in [-0.3, -0.25) is 0 Å². The first-order valence-corrected chi connectivity index (χ1v) is 9.76. The second kappa shape index (κ2) is 10.6. The third-order valence-corrected chi connectivity index (χ3v) is 3.29. The predicted octanol–water partition coefficient (Wildman–Crippen LogP) is 3.03. The monoisotopic (exact) mass is 450 g/mol. The molecular weight excluding hydrogens is 423 g/mol. The number of anilines is 1. The van der Waals surface area contributed by atoms with Crippen LogP contribution >= 0.6 is 23.2 Å². The number of amides is 2. The summed E-state index contributed by atoms with van der Waals surface area (Å²) >= 11 is 11.7. The molecule has 1 heterocycles. The van der Waals surface area contributed by atoms with Gasteiger partial charge in [0.05, 0.1) is 0 Å². The Morgan fingerprint density at radius 1 is 0.828 bits per heavy atom. The van der Waals surface area contributed by atoms with Crippen LogP contribution in [-0.4, -0.2) is 64.5 Å². The van der Waals surface area contributed by atoms with Gasteiger partial charge in [-0.05, 0) is 64.7 Å². The lowest BCUT2D eigenvalue weighted by Gasteiger charge is -2.24. The zero-order valence-corrected chi connectivity index (χ0v) is 19.0. The van der Waals surface area contributed by atoms with Crippen LogP contribution in [0.3, 0.4) is 0 Å². The third-order valence-electron chi connectivity index (χ3n) is 2.95. The van der Waals surface area contributed by atoms with Crippen LogP contribution in [0.25, 0.3) is 0 Å². The number of nitrogens with zero attached hydrogens (tertiary/aromatic N) is 4. The van der Waals surface area contributed by atoms with E-state index in [1.54, 1.807) is 46.4 Å². The lowest BCUT2D eigenvalue weighted by Crippen LogP contribution is -2.42. The van der Waals surface area contributed by atoms with E-state index in [9.17, 15) is 9.59 Å². The van der Waals surface area contributed by atoms with Crippen LogP contribution in [0.1, 0.15) is 41.5 Å². The number of hydrogen-bond donors (Lipinski definition) is 2. The van der Waals surface area contributed by atoms with Crippen molar-refractivity contribution >= 4 is 41.3 Å². The van der Waals surface area contributed by atoms with Gasteiger partial charge in [-0.2, -0.15) is 15.0 Å². The van der Waals surface area contributed by atoms with Crippen LogP contribution in [-0.2, 0) is 9.47 Å². The molecule has 0 spiro atoms. The molecule has 2 N–H and O–H groups in total. The largest absolute Gasteiger partial charge is 0.444 e. The highest BCUT2D eigenvalue weighted by Crippen LogP contribution is 2.14. The van der Waals surface area contributed by atoms with Crippen molar-refractivity contribution in [2.75, 3.05) is 31.1 Å². The SMILES string of the molecule is CC(C)(C)OC(=O)NCCN(CCNC(=O)OC(C)(C)C)c1nc(Cl)nc(Cl)n1. The fourth-order valence-corrected chi connectivity index (χ4v) is 2.34. The van der Waals surface area contributed by atoms with Gasteiger partial charge in [0, 0.05) is 26.2 Å². The molecule has 1 rings (SSSR count). The Kier molecular flexibility index (Phi) is 9.15. The zero-order chi connectivity index (χ0) is 22.2. The molecule has 0 radical (unpaired) electrons. The average molecular weight is 451 g/mol. The van der Waals surface area contributed by atoms with Crippen molar-refractivity contribution in [2.24, 2.45) is 0 Å². The average Bonchev–Trinajstić information content (AvgIpc) is 2.48. The molecular formula is C17H28Cl2N6O4. The highest BCUT2D eigenvalue weighted by atomic mass is 35.5. The van der Waals surface area contributed by atoms with Crippen molar-refractivity contribution in [3.8, 4) is 0 Å². The molecule has 0 saturated heterocycles. The summed E-state index contributed by atoms with van der Waals surface area (Å²) in [5.74, 6) is 0.215. The Balaban J connectivity index is 2.69. The molecule has 0 atom stereocenters. The molecule has 10 nitrogen and oxygen atoms in total. The first kappa shape index (κ1) is 25.0. The summed E-state index contributed by atoms with van der Waals surface area (Å²) in [6.07, 6.45) is -1.09. The topological polar surface area (TPSA) is 119 Å². The summed E-state index contributed by atoms with van der Waals surface area (Å²) in [6.45, 7) is 11.7. The molecule has 0 aliphatic carbocycles. The van der Waals surface area contributed by atoms with Gasteiger partial charge in [0.2, 0.25) is 16.5 Å². The van der Waals surface area contributed by atoms with E-state index in [1.165, 1.54) is 0 Å². The predicted molar refractivity (Wildman–Crippen MR) is 111 cm³/mol. The number of alkyl carbamates (subject to hydrolysis) is 2. The van der Waals surface area contributed by atoms with Gasteiger partial charge in [0.15, 0.2) is 0 Å².